The number of carbonyl (C=O) groups is 1. The number of rotatable bonds is 8. The van der Waals surface area contributed by atoms with Crippen LogP contribution in [0.1, 0.15) is 46.0 Å². The summed E-state index contributed by atoms with van der Waals surface area (Å²) in [7, 11) is 0. The average Bonchev–Trinajstić information content (AvgIpc) is 3.01. The number of amides is 1. The second kappa shape index (κ2) is 5.64. The first-order chi connectivity index (χ1) is 7.47. The highest BCUT2D eigenvalue weighted by Gasteiger charge is 2.31. The van der Waals surface area contributed by atoms with Crippen molar-refractivity contribution in [3.8, 4) is 0 Å². The van der Waals surface area contributed by atoms with Crippen LogP contribution in [-0.2, 0) is 4.79 Å². The second-order valence-corrected chi connectivity index (χ2v) is 5.15. The van der Waals surface area contributed by atoms with Crippen LogP contribution in [0.4, 0.5) is 0 Å². The highest BCUT2D eigenvalue weighted by atomic mass is 16.1. The molecule has 0 saturated heterocycles. The number of hydrogen-bond donors (Lipinski definition) is 2. The van der Waals surface area contributed by atoms with E-state index in [2.05, 4.69) is 11.8 Å². The number of nitrogens with two attached hydrogens (primary N) is 2. The summed E-state index contributed by atoms with van der Waals surface area (Å²) in [6.07, 6.45) is 5.67. The van der Waals surface area contributed by atoms with Gasteiger partial charge in [0.15, 0.2) is 0 Å². The molecular formula is C12H25N3O. The summed E-state index contributed by atoms with van der Waals surface area (Å²) >= 11 is 0. The summed E-state index contributed by atoms with van der Waals surface area (Å²) in [5.41, 5.74) is 10.3. The van der Waals surface area contributed by atoms with Gasteiger partial charge < -0.3 is 16.4 Å². The monoisotopic (exact) mass is 227 g/mol. The van der Waals surface area contributed by atoms with Crippen LogP contribution in [0.15, 0.2) is 0 Å². The van der Waals surface area contributed by atoms with Crippen LogP contribution in [0.3, 0.4) is 0 Å². The van der Waals surface area contributed by atoms with Crippen LogP contribution in [0.25, 0.3) is 0 Å². The van der Waals surface area contributed by atoms with Gasteiger partial charge in [-0.25, -0.2) is 0 Å². The van der Waals surface area contributed by atoms with Gasteiger partial charge in [0.1, 0.15) is 0 Å². The molecule has 0 aromatic heterocycles. The first-order valence-corrected chi connectivity index (χ1v) is 6.30. The quantitative estimate of drug-likeness (QED) is 0.645. The number of unbranched alkanes of at least 4 members (excludes halogenated alkanes) is 1. The summed E-state index contributed by atoms with van der Waals surface area (Å²) in [5, 5.41) is 0. The van der Waals surface area contributed by atoms with E-state index < -0.39 is 11.4 Å². The van der Waals surface area contributed by atoms with Crippen molar-refractivity contribution in [3.05, 3.63) is 0 Å². The van der Waals surface area contributed by atoms with Crippen LogP contribution in [0.2, 0.25) is 0 Å². The molecule has 1 unspecified atom stereocenters. The van der Waals surface area contributed by atoms with Crippen molar-refractivity contribution in [3.63, 3.8) is 0 Å². The maximum Gasteiger partial charge on any atom is 0.237 e. The largest absolute Gasteiger partial charge is 0.368 e. The number of nitrogens with zero attached hydrogens (tertiary/aromatic N) is 1. The minimum absolute atomic E-state index is 0.404. The van der Waals surface area contributed by atoms with Gasteiger partial charge in [0.05, 0.1) is 5.54 Å². The second-order valence-electron chi connectivity index (χ2n) is 5.15. The fraction of sp³-hybridized carbons (Fsp3) is 0.917. The van der Waals surface area contributed by atoms with Gasteiger partial charge in [0.25, 0.3) is 0 Å². The molecule has 94 valence electrons. The van der Waals surface area contributed by atoms with Crippen molar-refractivity contribution in [2.24, 2.45) is 11.5 Å². The molecule has 0 aromatic carbocycles. The molecule has 0 radical (unpaired) electrons. The molecule has 1 aliphatic carbocycles. The van der Waals surface area contributed by atoms with E-state index in [1.807, 2.05) is 0 Å². The lowest BCUT2D eigenvalue weighted by molar-refractivity contribution is -0.122. The maximum atomic E-state index is 11.1. The lowest BCUT2D eigenvalue weighted by Crippen LogP contribution is -2.51. The molecule has 0 spiro atoms. The molecule has 0 heterocycles. The lowest BCUT2D eigenvalue weighted by Gasteiger charge is -2.27. The molecule has 16 heavy (non-hydrogen) atoms. The molecule has 4 heteroatoms. The molecule has 0 aromatic rings. The minimum atomic E-state index is -0.862. The van der Waals surface area contributed by atoms with Gasteiger partial charge in [-0.15, -0.1) is 0 Å². The predicted octanol–water partition coefficient (Wildman–Crippen LogP) is 0.844. The van der Waals surface area contributed by atoms with E-state index in [0.717, 1.165) is 19.1 Å². The summed E-state index contributed by atoms with van der Waals surface area (Å²) < 4.78 is 0. The van der Waals surface area contributed by atoms with Gasteiger partial charge in [-0.1, -0.05) is 13.3 Å². The van der Waals surface area contributed by atoms with E-state index >= 15 is 0 Å². The molecule has 1 rings (SSSR count). The predicted molar refractivity (Wildman–Crippen MR) is 65.9 cm³/mol. The zero-order valence-electron chi connectivity index (χ0n) is 10.5. The van der Waals surface area contributed by atoms with Crippen molar-refractivity contribution in [1.82, 2.24) is 4.90 Å². The topological polar surface area (TPSA) is 72.3 Å². The van der Waals surface area contributed by atoms with Gasteiger partial charge in [0, 0.05) is 12.6 Å². The summed E-state index contributed by atoms with van der Waals surface area (Å²) in [6, 6.07) is 0.732. The van der Waals surface area contributed by atoms with Gasteiger partial charge in [-0.3, -0.25) is 4.79 Å². The maximum absolute atomic E-state index is 11.1. The van der Waals surface area contributed by atoms with Gasteiger partial charge in [-0.05, 0) is 39.2 Å². The first-order valence-electron chi connectivity index (χ1n) is 6.30. The Kier molecular flexibility index (Phi) is 4.74. The number of hydrogen-bond acceptors (Lipinski definition) is 3. The third-order valence-electron chi connectivity index (χ3n) is 3.34. The standard InChI is InChI=1S/C12H25N3O/c1-3-4-8-15(10-5-6-10)9-7-12(2,14)11(13)16/h10H,3-9,14H2,1-2H3,(H2,13,16). The van der Waals surface area contributed by atoms with Crippen LogP contribution >= 0.6 is 0 Å². The fourth-order valence-electron chi connectivity index (χ4n) is 1.78. The zero-order chi connectivity index (χ0) is 12.2. The van der Waals surface area contributed by atoms with E-state index in [1.54, 1.807) is 6.92 Å². The smallest absolute Gasteiger partial charge is 0.237 e. The van der Waals surface area contributed by atoms with Gasteiger partial charge in [0.2, 0.25) is 5.91 Å². The van der Waals surface area contributed by atoms with E-state index in [1.165, 1.54) is 25.7 Å². The Morgan fingerprint density at radius 2 is 2.06 bits per heavy atom. The number of carbonyl (C=O) groups excluding carboxylic acids is 1. The summed E-state index contributed by atoms with van der Waals surface area (Å²) in [4.78, 5) is 13.6. The van der Waals surface area contributed by atoms with E-state index in [-0.39, 0.29) is 0 Å². The van der Waals surface area contributed by atoms with Crippen molar-refractivity contribution < 1.29 is 4.79 Å². The minimum Gasteiger partial charge on any atom is -0.368 e. The highest BCUT2D eigenvalue weighted by molar-refractivity contribution is 5.83. The fourth-order valence-corrected chi connectivity index (χ4v) is 1.78. The molecule has 1 aliphatic rings. The molecule has 1 atom stereocenters. The van der Waals surface area contributed by atoms with Crippen molar-refractivity contribution in [2.75, 3.05) is 13.1 Å². The van der Waals surface area contributed by atoms with Crippen molar-refractivity contribution >= 4 is 5.91 Å². The average molecular weight is 227 g/mol. The molecule has 1 saturated carbocycles. The lowest BCUT2D eigenvalue weighted by atomic mass is 9.98. The molecule has 4 N–H and O–H groups in total. The Bertz CT molecular complexity index is 236. The van der Waals surface area contributed by atoms with Gasteiger partial charge in [-0.2, -0.15) is 0 Å². The SMILES string of the molecule is CCCCN(CCC(C)(N)C(N)=O)C1CC1. The Morgan fingerprint density at radius 1 is 1.44 bits per heavy atom. The van der Waals surface area contributed by atoms with Crippen LogP contribution in [0.5, 0.6) is 0 Å². The zero-order valence-corrected chi connectivity index (χ0v) is 10.5. The Labute approximate surface area is 98.3 Å². The van der Waals surface area contributed by atoms with Crippen LogP contribution in [0, 0.1) is 0 Å². The van der Waals surface area contributed by atoms with E-state index in [0.29, 0.717) is 6.42 Å². The molecule has 4 nitrogen and oxygen atoms in total. The summed E-state index contributed by atoms with van der Waals surface area (Å²) in [5.74, 6) is -0.404. The molecule has 1 fully saturated rings. The first kappa shape index (κ1) is 13.5. The molecule has 0 bridgehead atoms. The van der Waals surface area contributed by atoms with Crippen LogP contribution < -0.4 is 11.5 Å². The number of primary amides is 1. The van der Waals surface area contributed by atoms with Crippen molar-refractivity contribution in [1.29, 1.82) is 0 Å². The highest BCUT2D eigenvalue weighted by Crippen LogP contribution is 2.27. The van der Waals surface area contributed by atoms with E-state index in [9.17, 15) is 4.79 Å². The Balaban J connectivity index is 2.34. The third-order valence-corrected chi connectivity index (χ3v) is 3.34. The third kappa shape index (κ3) is 4.10. The molecular weight excluding hydrogens is 202 g/mol. The van der Waals surface area contributed by atoms with Crippen molar-refractivity contribution in [2.45, 2.75) is 57.5 Å². The van der Waals surface area contributed by atoms with Crippen LogP contribution in [-0.4, -0.2) is 35.5 Å². The summed E-state index contributed by atoms with van der Waals surface area (Å²) in [6.45, 7) is 5.93. The Hall–Kier alpha value is -0.610. The molecule has 1 amide bonds. The molecule has 0 aliphatic heterocycles. The van der Waals surface area contributed by atoms with E-state index in [4.69, 9.17) is 11.5 Å². The Morgan fingerprint density at radius 3 is 2.50 bits per heavy atom. The normalized spacial score (nSPS) is 19.8. The van der Waals surface area contributed by atoms with Gasteiger partial charge >= 0.3 is 0 Å².